The smallest absolute Gasteiger partial charge is 0.191 e. The zero-order chi connectivity index (χ0) is 17.0. The molecule has 1 aromatic carbocycles. The first-order valence-corrected chi connectivity index (χ1v) is 9.50. The number of aliphatic imine (C=N–C) groups is 1. The Bertz CT molecular complexity index is 571. The average molecular weight is 395 g/mol. The number of hydrogen-bond acceptors (Lipinski definition) is 3. The maximum Gasteiger partial charge on any atom is 0.191 e. The van der Waals surface area contributed by atoms with Crippen LogP contribution in [-0.2, 0) is 4.74 Å². The third-order valence-corrected chi connectivity index (χ3v) is 5.11. The fourth-order valence-corrected chi connectivity index (χ4v) is 3.35. The molecular formula is C18H27BrN4O. The van der Waals surface area contributed by atoms with E-state index < -0.39 is 0 Å². The van der Waals surface area contributed by atoms with Gasteiger partial charge < -0.3 is 20.3 Å². The van der Waals surface area contributed by atoms with Gasteiger partial charge in [0.15, 0.2) is 5.96 Å². The number of benzene rings is 1. The molecule has 2 aliphatic heterocycles. The van der Waals surface area contributed by atoms with Crippen LogP contribution in [0.5, 0.6) is 0 Å². The highest BCUT2D eigenvalue weighted by Crippen LogP contribution is 2.26. The van der Waals surface area contributed by atoms with Gasteiger partial charge in [0, 0.05) is 41.3 Å². The van der Waals surface area contributed by atoms with Gasteiger partial charge in [0.25, 0.3) is 0 Å². The van der Waals surface area contributed by atoms with Crippen molar-refractivity contribution < 1.29 is 4.74 Å². The molecule has 132 valence electrons. The summed E-state index contributed by atoms with van der Waals surface area (Å²) in [5, 5.41) is 6.96. The Balaban J connectivity index is 1.55. The molecule has 6 heteroatoms. The molecular weight excluding hydrogens is 368 g/mol. The number of nitrogens with zero attached hydrogens (tertiary/aromatic N) is 2. The van der Waals surface area contributed by atoms with E-state index in [4.69, 9.17) is 9.73 Å². The van der Waals surface area contributed by atoms with Gasteiger partial charge in [-0.15, -0.1) is 0 Å². The van der Waals surface area contributed by atoms with E-state index in [-0.39, 0.29) is 5.41 Å². The molecule has 2 saturated heterocycles. The standard InChI is InChI=1S/C18H27BrN4O/c1-3-20-17(21-11-18(2)12-24-13-18)22-15-8-9-23(10-15)16-6-4-14(19)5-7-16/h4-7,15H,3,8-13H2,1-2H3,(H2,20,21,22). The zero-order valence-electron chi connectivity index (χ0n) is 14.5. The van der Waals surface area contributed by atoms with Gasteiger partial charge in [0.1, 0.15) is 0 Å². The fraction of sp³-hybridized carbons (Fsp3) is 0.611. The first-order chi connectivity index (χ1) is 11.6. The zero-order valence-corrected chi connectivity index (χ0v) is 16.1. The van der Waals surface area contributed by atoms with Gasteiger partial charge in [-0.25, -0.2) is 0 Å². The Morgan fingerprint density at radius 3 is 2.75 bits per heavy atom. The lowest BCUT2D eigenvalue weighted by atomic mass is 9.89. The maximum atomic E-state index is 5.31. The number of rotatable bonds is 5. The molecule has 0 bridgehead atoms. The highest BCUT2D eigenvalue weighted by molar-refractivity contribution is 9.10. The normalized spacial score (nSPS) is 23.0. The largest absolute Gasteiger partial charge is 0.380 e. The van der Waals surface area contributed by atoms with Crippen molar-refractivity contribution in [3.8, 4) is 0 Å². The number of hydrogen-bond donors (Lipinski definition) is 2. The van der Waals surface area contributed by atoms with E-state index in [1.54, 1.807) is 0 Å². The molecule has 0 saturated carbocycles. The molecule has 1 unspecified atom stereocenters. The number of guanidine groups is 1. The van der Waals surface area contributed by atoms with Gasteiger partial charge in [-0.3, -0.25) is 4.99 Å². The predicted octanol–water partition coefficient (Wildman–Crippen LogP) is 2.62. The van der Waals surface area contributed by atoms with E-state index in [9.17, 15) is 0 Å². The molecule has 2 aliphatic rings. The summed E-state index contributed by atoms with van der Waals surface area (Å²) in [5.41, 5.74) is 1.49. The first-order valence-electron chi connectivity index (χ1n) is 8.71. The quantitative estimate of drug-likeness (QED) is 0.595. The van der Waals surface area contributed by atoms with E-state index >= 15 is 0 Å². The van der Waals surface area contributed by atoms with Crippen LogP contribution < -0.4 is 15.5 Å². The van der Waals surface area contributed by atoms with Gasteiger partial charge in [0.05, 0.1) is 19.8 Å². The highest BCUT2D eigenvalue weighted by Gasteiger charge is 2.33. The fourth-order valence-electron chi connectivity index (χ4n) is 3.09. The second kappa shape index (κ2) is 7.74. The van der Waals surface area contributed by atoms with Crippen LogP contribution in [0.3, 0.4) is 0 Å². The third-order valence-electron chi connectivity index (χ3n) is 4.59. The Morgan fingerprint density at radius 2 is 2.12 bits per heavy atom. The topological polar surface area (TPSA) is 48.9 Å². The Labute approximate surface area is 153 Å². The van der Waals surface area contributed by atoms with Gasteiger partial charge >= 0.3 is 0 Å². The lowest BCUT2D eigenvalue weighted by Gasteiger charge is -2.36. The molecule has 0 spiro atoms. The molecule has 2 N–H and O–H groups in total. The maximum absolute atomic E-state index is 5.31. The lowest BCUT2D eigenvalue weighted by Crippen LogP contribution is -2.47. The summed E-state index contributed by atoms with van der Waals surface area (Å²) in [6.07, 6.45) is 1.13. The van der Waals surface area contributed by atoms with Crippen molar-refractivity contribution in [2.75, 3.05) is 44.3 Å². The van der Waals surface area contributed by atoms with Gasteiger partial charge in [-0.2, -0.15) is 0 Å². The second-order valence-electron chi connectivity index (χ2n) is 7.05. The minimum Gasteiger partial charge on any atom is -0.380 e. The minimum atomic E-state index is 0.210. The van der Waals surface area contributed by atoms with Crippen LogP contribution in [0.15, 0.2) is 33.7 Å². The molecule has 5 nitrogen and oxygen atoms in total. The van der Waals surface area contributed by atoms with Crippen molar-refractivity contribution in [3.05, 3.63) is 28.7 Å². The molecule has 2 fully saturated rings. The summed E-state index contributed by atoms with van der Waals surface area (Å²) in [5.74, 6) is 0.924. The number of halogens is 1. The highest BCUT2D eigenvalue weighted by atomic mass is 79.9. The summed E-state index contributed by atoms with van der Waals surface area (Å²) < 4.78 is 6.44. The summed E-state index contributed by atoms with van der Waals surface area (Å²) in [7, 11) is 0. The molecule has 3 rings (SSSR count). The van der Waals surface area contributed by atoms with Crippen LogP contribution in [0, 0.1) is 5.41 Å². The van der Waals surface area contributed by atoms with Crippen molar-refractivity contribution >= 4 is 27.6 Å². The summed E-state index contributed by atoms with van der Waals surface area (Å²) in [4.78, 5) is 7.20. The predicted molar refractivity (Wildman–Crippen MR) is 103 cm³/mol. The van der Waals surface area contributed by atoms with Crippen molar-refractivity contribution in [2.24, 2.45) is 10.4 Å². The number of ether oxygens (including phenoxy) is 1. The van der Waals surface area contributed by atoms with Gasteiger partial charge in [-0.1, -0.05) is 22.9 Å². The summed E-state index contributed by atoms with van der Waals surface area (Å²) >= 11 is 3.50. The van der Waals surface area contributed by atoms with E-state index in [1.165, 1.54) is 5.69 Å². The molecule has 0 radical (unpaired) electrons. The van der Waals surface area contributed by atoms with Gasteiger partial charge in [0.2, 0.25) is 0 Å². The number of nitrogens with one attached hydrogen (secondary N) is 2. The third kappa shape index (κ3) is 4.42. The van der Waals surface area contributed by atoms with Crippen LogP contribution in [0.2, 0.25) is 0 Å². The Morgan fingerprint density at radius 1 is 1.38 bits per heavy atom. The minimum absolute atomic E-state index is 0.210. The summed E-state index contributed by atoms with van der Waals surface area (Å²) in [6.45, 7) is 9.74. The van der Waals surface area contributed by atoms with Crippen LogP contribution in [-0.4, -0.2) is 51.4 Å². The molecule has 0 aromatic heterocycles. The first kappa shape index (κ1) is 17.5. The molecule has 1 aromatic rings. The van der Waals surface area contributed by atoms with Crippen molar-refractivity contribution in [3.63, 3.8) is 0 Å². The van der Waals surface area contributed by atoms with Crippen molar-refractivity contribution in [2.45, 2.75) is 26.3 Å². The van der Waals surface area contributed by atoms with E-state index in [0.29, 0.717) is 6.04 Å². The molecule has 2 heterocycles. The number of anilines is 1. The van der Waals surface area contributed by atoms with Gasteiger partial charge in [-0.05, 0) is 37.6 Å². The average Bonchev–Trinajstić information content (AvgIpc) is 3.00. The van der Waals surface area contributed by atoms with E-state index in [0.717, 1.165) is 56.2 Å². The molecule has 0 amide bonds. The second-order valence-corrected chi connectivity index (χ2v) is 7.97. The summed E-state index contributed by atoms with van der Waals surface area (Å²) in [6, 6.07) is 8.97. The SMILES string of the molecule is CCNC(=NCC1(C)COC1)NC1CCN(c2ccc(Br)cc2)C1. The van der Waals surface area contributed by atoms with Crippen LogP contribution in [0.1, 0.15) is 20.3 Å². The Kier molecular flexibility index (Phi) is 5.66. The molecule has 24 heavy (non-hydrogen) atoms. The molecule has 1 atom stereocenters. The monoisotopic (exact) mass is 394 g/mol. The van der Waals surface area contributed by atoms with E-state index in [1.807, 2.05) is 0 Å². The Hall–Kier alpha value is -1.27. The van der Waals surface area contributed by atoms with Crippen LogP contribution in [0.25, 0.3) is 0 Å². The van der Waals surface area contributed by atoms with Crippen molar-refractivity contribution in [1.82, 2.24) is 10.6 Å². The van der Waals surface area contributed by atoms with Crippen LogP contribution >= 0.6 is 15.9 Å². The van der Waals surface area contributed by atoms with E-state index in [2.05, 4.69) is 69.6 Å². The molecule has 0 aliphatic carbocycles. The van der Waals surface area contributed by atoms with Crippen molar-refractivity contribution in [1.29, 1.82) is 0 Å². The van der Waals surface area contributed by atoms with Crippen LogP contribution in [0.4, 0.5) is 5.69 Å². The lowest BCUT2D eigenvalue weighted by molar-refractivity contribution is -0.0945.